The summed E-state index contributed by atoms with van der Waals surface area (Å²) in [5, 5.41) is 3.46. The van der Waals surface area contributed by atoms with Crippen LogP contribution in [0, 0.1) is 5.92 Å². The molecule has 0 fully saturated rings. The SMILES string of the molecule is C[C@H]1C(C=O)=NN[C@H]1C(F)F. The molecule has 5 heteroatoms. The number of rotatable bonds is 2. The van der Waals surface area contributed by atoms with Gasteiger partial charge in [-0.15, -0.1) is 0 Å². The fourth-order valence-corrected chi connectivity index (χ4v) is 0.955. The molecule has 0 aromatic heterocycles. The Hall–Kier alpha value is -1.00. The zero-order valence-electron chi connectivity index (χ0n) is 5.92. The van der Waals surface area contributed by atoms with Crippen LogP contribution in [0.3, 0.4) is 0 Å². The average molecular weight is 162 g/mol. The highest BCUT2D eigenvalue weighted by Gasteiger charge is 2.33. The summed E-state index contributed by atoms with van der Waals surface area (Å²) in [7, 11) is 0. The van der Waals surface area contributed by atoms with Gasteiger partial charge in [-0.2, -0.15) is 5.10 Å². The topological polar surface area (TPSA) is 41.5 Å². The van der Waals surface area contributed by atoms with Crippen LogP contribution < -0.4 is 5.43 Å². The lowest BCUT2D eigenvalue weighted by atomic mass is 10.00. The summed E-state index contributed by atoms with van der Waals surface area (Å²) in [6.07, 6.45) is -1.98. The summed E-state index contributed by atoms with van der Waals surface area (Å²) in [5.41, 5.74) is 2.38. The van der Waals surface area contributed by atoms with Gasteiger partial charge in [-0.25, -0.2) is 8.78 Å². The minimum Gasteiger partial charge on any atom is -0.300 e. The largest absolute Gasteiger partial charge is 0.300 e. The van der Waals surface area contributed by atoms with Crippen LogP contribution in [0.4, 0.5) is 8.78 Å². The number of alkyl halides is 2. The molecule has 0 amide bonds. The van der Waals surface area contributed by atoms with Gasteiger partial charge in [0.1, 0.15) is 11.8 Å². The summed E-state index contributed by atoms with van der Waals surface area (Å²) in [6, 6.07) is -1.00. The van der Waals surface area contributed by atoms with Crippen LogP contribution in [0.5, 0.6) is 0 Å². The molecule has 1 aliphatic heterocycles. The summed E-state index contributed by atoms with van der Waals surface area (Å²) in [4.78, 5) is 10.2. The normalized spacial score (nSPS) is 30.0. The second-order valence-corrected chi connectivity index (χ2v) is 2.43. The lowest BCUT2D eigenvalue weighted by molar-refractivity contribution is -0.102. The van der Waals surface area contributed by atoms with Crippen LogP contribution in [-0.2, 0) is 4.79 Å². The van der Waals surface area contributed by atoms with Crippen LogP contribution in [0.25, 0.3) is 0 Å². The third-order valence-electron chi connectivity index (χ3n) is 1.74. The van der Waals surface area contributed by atoms with Gasteiger partial charge in [0.2, 0.25) is 0 Å². The number of nitrogens with zero attached hydrogens (tertiary/aromatic N) is 1. The quantitative estimate of drug-likeness (QED) is 0.597. The first-order valence-electron chi connectivity index (χ1n) is 3.23. The van der Waals surface area contributed by atoms with Gasteiger partial charge in [0, 0.05) is 5.92 Å². The summed E-state index contributed by atoms with van der Waals surface area (Å²) >= 11 is 0. The lowest BCUT2D eigenvalue weighted by Crippen LogP contribution is -2.34. The fraction of sp³-hybridized carbons (Fsp3) is 0.667. The number of nitrogens with one attached hydrogen (secondary N) is 1. The molecule has 0 aromatic carbocycles. The molecule has 0 aliphatic carbocycles. The van der Waals surface area contributed by atoms with E-state index in [0.717, 1.165) is 0 Å². The highest BCUT2D eigenvalue weighted by Crippen LogP contribution is 2.17. The number of hydrazone groups is 1. The van der Waals surface area contributed by atoms with Crippen molar-refractivity contribution >= 4 is 12.0 Å². The van der Waals surface area contributed by atoms with Crippen molar-refractivity contribution in [1.82, 2.24) is 5.43 Å². The molecular weight excluding hydrogens is 154 g/mol. The van der Waals surface area contributed by atoms with E-state index in [1.54, 1.807) is 6.92 Å². The summed E-state index contributed by atoms with van der Waals surface area (Å²) in [5.74, 6) is -0.493. The van der Waals surface area contributed by atoms with Crippen LogP contribution >= 0.6 is 0 Å². The van der Waals surface area contributed by atoms with Gasteiger partial charge in [0.15, 0.2) is 6.29 Å². The van der Waals surface area contributed by atoms with Crippen LogP contribution in [-0.4, -0.2) is 24.5 Å². The molecule has 0 saturated heterocycles. The molecule has 0 unspecified atom stereocenters. The Morgan fingerprint density at radius 1 is 1.73 bits per heavy atom. The van der Waals surface area contributed by atoms with E-state index in [1.807, 2.05) is 0 Å². The molecule has 1 heterocycles. The number of carbonyl (C=O) groups excluding carboxylic acids is 1. The van der Waals surface area contributed by atoms with Crippen molar-refractivity contribution < 1.29 is 13.6 Å². The third kappa shape index (κ3) is 1.36. The highest BCUT2D eigenvalue weighted by molar-refractivity contribution is 6.29. The molecule has 1 aliphatic rings. The molecule has 1 N–H and O–H groups in total. The van der Waals surface area contributed by atoms with Crippen molar-refractivity contribution in [2.24, 2.45) is 11.0 Å². The molecule has 0 aromatic rings. The standard InChI is InChI=1S/C6H8F2N2O/c1-3-4(2-11)9-10-5(3)6(7)8/h2-3,5-6,10H,1H3/t3-,5+/m0/s1. The van der Waals surface area contributed by atoms with Crippen molar-refractivity contribution in [3.8, 4) is 0 Å². The summed E-state index contributed by atoms with van der Waals surface area (Å²) < 4.78 is 24.1. The Morgan fingerprint density at radius 2 is 2.36 bits per heavy atom. The first-order valence-corrected chi connectivity index (χ1v) is 3.23. The molecule has 3 nitrogen and oxygen atoms in total. The maximum atomic E-state index is 12.0. The molecule has 1 rings (SSSR count). The Morgan fingerprint density at radius 3 is 2.64 bits per heavy atom. The first-order chi connectivity index (χ1) is 5.16. The lowest BCUT2D eigenvalue weighted by Gasteiger charge is -2.12. The first kappa shape index (κ1) is 8.10. The maximum absolute atomic E-state index is 12.0. The Balaban J connectivity index is 2.63. The number of hydrogen-bond donors (Lipinski definition) is 1. The molecule has 62 valence electrons. The molecule has 0 saturated carbocycles. The number of hydrogen-bond acceptors (Lipinski definition) is 3. The van der Waals surface area contributed by atoms with E-state index < -0.39 is 18.4 Å². The zero-order chi connectivity index (χ0) is 8.43. The predicted octanol–water partition coefficient (Wildman–Crippen LogP) is 0.414. The Kier molecular flexibility index (Phi) is 2.16. The van der Waals surface area contributed by atoms with Crippen LogP contribution in [0.1, 0.15) is 6.92 Å². The number of halogens is 2. The maximum Gasteiger partial charge on any atom is 0.260 e. The van der Waals surface area contributed by atoms with E-state index >= 15 is 0 Å². The molecular formula is C6H8F2N2O. The van der Waals surface area contributed by atoms with E-state index in [1.165, 1.54) is 0 Å². The van der Waals surface area contributed by atoms with Crippen molar-refractivity contribution in [3.05, 3.63) is 0 Å². The van der Waals surface area contributed by atoms with Gasteiger partial charge >= 0.3 is 0 Å². The molecule has 0 bridgehead atoms. The van der Waals surface area contributed by atoms with E-state index in [0.29, 0.717) is 6.29 Å². The second kappa shape index (κ2) is 2.94. The predicted molar refractivity (Wildman–Crippen MR) is 35.6 cm³/mol. The second-order valence-electron chi connectivity index (χ2n) is 2.43. The van der Waals surface area contributed by atoms with E-state index in [-0.39, 0.29) is 5.71 Å². The van der Waals surface area contributed by atoms with Gasteiger partial charge in [0.25, 0.3) is 6.43 Å². The van der Waals surface area contributed by atoms with Crippen molar-refractivity contribution in [3.63, 3.8) is 0 Å². The van der Waals surface area contributed by atoms with Gasteiger partial charge in [0.05, 0.1) is 0 Å². The van der Waals surface area contributed by atoms with Crippen LogP contribution in [0.15, 0.2) is 5.10 Å². The smallest absolute Gasteiger partial charge is 0.260 e. The molecule has 2 atom stereocenters. The minimum absolute atomic E-state index is 0.162. The van der Waals surface area contributed by atoms with E-state index in [2.05, 4.69) is 10.5 Å². The minimum atomic E-state index is -2.48. The molecule has 11 heavy (non-hydrogen) atoms. The van der Waals surface area contributed by atoms with Crippen LogP contribution in [0.2, 0.25) is 0 Å². The molecule has 0 spiro atoms. The van der Waals surface area contributed by atoms with Gasteiger partial charge in [-0.3, -0.25) is 4.79 Å². The highest BCUT2D eigenvalue weighted by atomic mass is 19.3. The Bertz CT molecular complexity index is 193. The fourth-order valence-electron chi connectivity index (χ4n) is 0.955. The zero-order valence-corrected chi connectivity index (χ0v) is 5.92. The van der Waals surface area contributed by atoms with Gasteiger partial charge in [-0.05, 0) is 0 Å². The van der Waals surface area contributed by atoms with Crippen molar-refractivity contribution in [2.45, 2.75) is 19.4 Å². The monoisotopic (exact) mass is 162 g/mol. The van der Waals surface area contributed by atoms with E-state index in [4.69, 9.17) is 0 Å². The van der Waals surface area contributed by atoms with Crippen molar-refractivity contribution in [1.29, 1.82) is 0 Å². The van der Waals surface area contributed by atoms with E-state index in [9.17, 15) is 13.6 Å². The van der Waals surface area contributed by atoms with Gasteiger partial charge < -0.3 is 5.43 Å². The number of carbonyl (C=O) groups is 1. The van der Waals surface area contributed by atoms with Crippen molar-refractivity contribution in [2.75, 3.05) is 0 Å². The third-order valence-corrected chi connectivity index (χ3v) is 1.74. The van der Waals surface area contributed by atoms with Gasteiger partial charge in [-0.1, -0.05) is 6.92 Å². The Labute approximate surface area is 62.5 Å². The molecule has 0 radical (unpaired) electrons. The summed E-state index contributed by atoms with van der Waals surface area (Å²) in [6.45, 7) is 1.55. The number of aldehydes is 1. The average Bonchev–Trinajstić information content (AvgIpc) is 2.30.